The van der Waals surface area contributed by atoms with Crippen LogP contribution in [0.25, 0.3) is 6.08 Å². The van der Waals surface area contributed by atoms with E-state index in [0.717, 1.165) is 36.6 Å². The lowest BCUT2D eigenvalue weighted by molar-refractivity contribution is 0.355. The van der Waals surface area contributed by atoms with Gasteiger partial charge in [0.2, 0.25) is 0 Å². The van der Waals surface area contributed by atoms with Crippen LogP contribution in [0.1, 0.15) is 24.0 Å². The number of nitrogens with zero attached hydrogens (tertiary/aromatic N) is 1. The largest absolute Gasteiger partial charge is 0.493 e. The third-order valence-electron chi connectivity index (χ3n) is 4.22. The van der Waals surface area contributed by atoms with E-state index in [2.05, 4.69) is 47.4 Å². The van der Waals surface area contributed by atoms with Crippen LogP contribution in [0.2, 0.25) is 0 Å². The average molecular weight is 309 g/mol. The molecular formula is C20H23NO2. The van der Waals surface area contributed by atoms with Crippen molar-refractivity contribution < 1.29 is 9.47 Å². The molecule has 3 heteroatoms. The van der Waals surface area contributed by atoms with Crippen LogP contribution in [-0.2, 0) is 6.54 Å². The van der Waals surface area contributed by atoms with Gasteiger partial charge in [-0.2, -0.15) is 0 Å². The first kappa shape index (κ1) is 15.5. The molecule has 23 heavy (non-hydrogen) atoms. The van der Waals surface area contributed by atoms with Crippen molar-refractivity contribution >= 4 is 6.08 Å². The second-order valence-electron chi connectivity index (χ2n) is 5.76. The van der Waals surface area contributed by atoms with Crippen molar-refractivity contribution in [2.75, 3.05) is 20.8 Å². The van der Waals surface area contributed by atoms with Gasteiger partial charge in [-0.05, 0) is 42.2 Å². The summed E-state index contributed by atoms with van der Waals surface area (Å²) >= 11 is 0. The number of hydrogen-bond acceptors (Lipinski definition) is 3. The van der Waals surface area contributed by atoms with Gasteiger partial charge < -0.3 is 14.4 Å². The molecule has 120 valence electrons. The van der Waals surface area contributed by atoms with E-state index in [-0.39, 0.29) is 0 Å². The van der Waals surface area contributed by atoms with Gasteiger partial charge in [-0.3, -0.25) is 0 Å². The lowest BCUT2D eigenvalue weighted by Gasteiger charge is -2.20. The molecule has 1 fully saturated rings. The predicted molar refractivity (Wildman–Crippen MR) is 93.6 cm³/mol. The lowest BCUT2D eigenvalue weighted by Crippen LogP contribution is -2.16. The van der Waals surface area contributed by atoms with Crippen LogP contribution in [-0.4, -0.2) is 25.7 Å². The fraction of sp³-hybridized carbons (Fsp3) is 0.300. The minimum absolute atomic E-state index is 0.766. The van der Waals surface area contributed by atoms with E-state index in [4.69, 9.17) is 9.47 Å². The highest BCUT2D eigenvalue weighted by molar-refractivity contribution is 5.58. The minimum Gasteiger partial charge on any atom is -0.493 e. The molecule has 0 aliphatic carbocycles. The fourth-order valence-electron chi connectivity index (χ4n) is 3.04. The number of hydrogen-bond donors (Lipinski definition) is 0. The van der Waals surface area contributed by atoms with E-state index >= 15 is 0 Å². The van der Waals surface area contributed by atoms with Crippen molar-refractivity contribution in [3.63, 3.8) is 0 Å². The van der Waals surface area contributed by atoms with Gasteiger partial charge in [0.15, 0.2) is 11.5 Å². The number of likely N-dealkylation sites (tertiary alicyclic amines) is 1. The Kier molecular flexibility index (Phi) is 4.86. The summed E-state index contributed by atoms with van der Waals surface area (Å²) in [6.45, 7) is 2.09. The molecule has 1 aliphatic rings. The maximum atomic E-state index is 5.40. The number of rotatable bonds is 5. The molecule has 0 amide bonds. The number of methoxy groups -OCH3 is 2. The van der Waals surface area contributed by atoms with Gasteiger partial charge in [-0.25, -0.2) is 0 Å². The van der Waals surface area contributed by atoms with Crippen LogP contribution in [0.15, 0.2) is 54.2 Å². The summed E-state index contributed by atoms with van der Waals surface area (Å²) in [6.07, 6.45) is 4.60. The monoisotopic (exact) mass is 309 g/mol. The molecule has 0 unspecified atom stereocenters. The quantitative estimate of drug-likeness (QED) is 0.820. The molecule has 0 radical (unpaired) electrons. The van der Waals surface area contributed by atoms with Crippen molar-refractivity contribution in [1.82, 2.24) is 4.90 Å². The molecule has 0 atom stereocenters. The summed E-state index contributed by atoms with van der Waals surface area (Å²) < 4.78 is 10.7. The Morgan fingerprint density at radius 3 is 2.52 bits per heavy atom. The highest BCUT2D eigenvalue weighted by Crippen LogP contribution is 2.30. The van der Waals surface area contributed by atoms with Crippen LogP contribution in [0, 0.1) is 0 Å². The van der Waals surface area contributed by atoms with Gasteiger partial charge in [0.25, 0.3) is 0 Å². The number of ether oxygens (including phenoxy) is 2. The summed E-state index contributed by atoms with van der Waals surface area (Å²) in [4.78, 5) is 2.46. The summed E-state index contributed by atoms with van der Waals surface area (Å²) in [7, 11) is 3.33. The molecule has 0 spiro atoms. The fourth-order valence-corrected chi connectivity index (χ4v) is 3.04. The third kappa shape index (κ3) is 3.67. The highest BCUT2D eigenvalue weighted by atomic mass is 16.5. The van der Waals surface area contributed by atoms with Crippen LogP contribution in [0.4, 0.5) is 0 Å². The van der Waals surface area contributed by atoms with Crippen LogP contribution in [0.3, 0.4) is 0 Å². The van der Waals surface area contributed by atoms with Gasteiger partial charge in [0.05, 0.1) is 14.2 Å². The lowest BCUT2D eigenvalue weighted by atomic mass is 10.1. The van der Waals surface area contributed by atoms with Gasteiger partial charge in [-0.15, -0.1) is 0 Å². The standard InChI is InChI=1S/C20H23NO2/c1-22-19-11-10-17(14-20(19)23-2)13-18-9-6-12-21(18)15-16-7-4-3-5-8-16/h3-5,7-8,10-11,13-14H,6,9,12,15H2,1-2H3. The second kappa shape index (κ2) is 7.23. The van der Waals surface area contributed by atoms with E-state index in [1.807, 2.05) is 12.1 Å². The van der Waals surface area contributed by atoms with Gasteiger partial charge in [-0.1, -0.05) is 36.4 Å². The first-order chi connectivity index (χ1) is 11.3. The molecule has 1 aliphatic heterocycles. The van der Waals surface area contributed by atoms with Crippen molar-refractivity contribution in [2.24, 2.45) is 0 Å². The van der Waals surface area contributed by atoms with Gasteiger partial charge in [0, 0.05) is 18.8 Å². The average Bonchev–Trinajstić information content (AvgIpc) is 3.02. The van der Waals surface area contributed by atoms with Crippen molar-refractivity contribution in [3.05, 3.63) is 65.4 Å². The summed E-state index contributed by atoms with van der Waals surface area (Å²) in [6, 6.07) is 16.7. The zero-order valence-corrected chi connectivity index (χ0v) is 13.8. The molecule has 1 heterocycles. The Morgan fingerprint density at radius 1 is 1.00 bits per heavy atom. The molecule has 3 rings (SSSR count). The van der Waals surface area contributed by atoms with E-state index in [0.29, 0.717) is 0 Å². The van der Waals surface area contributed by atoms with E-state index in [1.165, 1.54) is 17.7 Å². The molecule has 0 N–H and O–H groups in total. The Hall–Kier alpha value is -2.42. The molecule has 2 aromatic carbocycles. The number of allylic oxidation sites excluding steroid dienone is 1. The smallest absolute Gasteiger partial charge is 0.161 e. The molecular weight excluding hydrogens is 286 g/mol. The number of benzene rings is 2. The van der Waals surface area contributed by atoms with E-state index < -0.39 is 0 Å². The maximum absolute atomic E-state index is 5.40. The Labute approximate surface area is 138 Å². The van der Waals surface area contributed by atoms with Crippen LogP contribution >= 0.6 is 0 Å². The zero-order valence-electron chi connectivity index (χ0n) is 13.8. The first-order valence-electron chi connectivity index (χ1n) is 8.01. The Morgan fingerprint density at radius 2 is 1.78 bits per heavy atom. The molecule has 0 aromatic heterocycles. The molecule has 0 bridgehead atoms. The van der Waals surface area contributed by atoms with Crippen LogP contribution < -0.4 is 9.47 Å². The topological polar surface area (TPSA) is 21.7 Å². The predicted octanol–water partition coefficient (Wildman–Crippen LogP) is 4.34. The van der Waals surface area contributed by atoms with Crippen molar-refractivity contribution in [2.45, 2.75) is 19.4 Å². The summed E-state index contributed by atoms with van der Waals surface area (Å²) in [5.41, 5.74) is 3.89. The van der Waals surface area contributed by atoms with Crippen molar-refractivity contribution in [3.8, 4) is 11.5 Å². The normalized spacial score (nSPS) is 15.9. The molecule has 3 nitrogen and oxygen atoms in total. The molecule has 2 aromatic rings. The SMILES string of the molecule is COc1ccc(C=C2CCCN2Cc2ccccc2)cc1OC. The van der Waals surface area contributed by atoms with Crippen LogP contribution in [0.5, 0.6) is 11.5 Å². The first-order valence-corrected chi connectivity index (χ1v) is 8.01. The van der Waals surface area contributed by atoms with E-state index in [1.54, 1.807) is 14.2 Å². The third-order valence-corrected chi connectivity index (χ3v) is 4.22. The molecule has 1 saturated heterocycles. The maximum Gasteiger partial charge on any atom is 0.161 e. The summed E-state index contributed by atoms with van der Waals surface area (Å²) in [5, 5.41) is 0. The van der Waals surface area contributed by atoms with E-state index in [9.17, 15) is 0 Å². The molecule has 0 saturated carbocycles. The Bertz CT molecular complexity index is 679. The highest BCUT2D eigenvalue weighted by Gasteiger charge is 2.17. The van der Waals surface area contributed by atoms with Crippen molar-refractivity contribution in [1.29, 1.82) is 0 Å². The van der Waals surface area contributed by atoms with Gasteiger partial charge >= 0.3 is 0 Å². The zero-order chi connectivity index (χ0) is 16.1. The summed E-state index contributed by atoms with van der Waals surface area (Å²) in [5.74, 6) is 1.54. The Balaban J connectivity index is 1.80. The minimum atomic E-state index is 0.766. The van der Waals surface area contributed by atoms with Gasteiger partial charge in [0.1, 0.15) is 0 Å². The second-order valence-corrected chi connectivity index (χ2v) is 5.76.